The second-order valence-electron chi connectivity index (χ2n) is 9.48. The van der Waals surface area contributed by atoms with Crippen LogP contribution in [0.15, 0.2) is 30.3 Å². The Morgan fingerprint density at radius 2 is 1.39 bits per heavy atom. The highest BCUT2D eigenvalue weighted by atomic mass is 16.5. The van der Waals surface area contributed by atoms with Crippen molar-refractivity contribution in [2.24, 2.45) is 0 Å². The van der Waals surface area contributed by atoms with Crippen molar-refractivity contribution in [3.05, 3.63) is 58.4 Å². The van der Waals surface area contributed by atoms with E-state index in [4.69, 9.17) is 9.47 Å². The normalized spacial score (nSPS) is 11.0. The van der Waals surface area contributed by atoms with E-state index in [0.29, 0.717) is 36.3 Å². The average Bonchev–Trinajstić information content (AvgIpc) is 3.38. The van der Waals surface area contributed by atoms with Crippen LogP contribution in [0.2, 0.25) is 0 Å². The summed E-state index contributed by atoms with van der Waals surface area (Å²) >= 11 is 0. The van der Waals surface area contributed by atoms with E-state index in [-0.39, 0.29) is 23.4 Å². The number of benzene rings is 2. The molecule has 4 rings (SSSR count). The molecule has 2 aromatic carbocycles. The number of esters is 2. The second kappa shape index (κ2) is 12.5. The molecular formula is C29H37N3O6. The summed E-state index contributed by atoms with van der Waals surface area (Å²) in [5, 5.41) is 21.1. The van der Waals surface area contributed by atoms with Crippen molar-refractivity contribution in [1.82, 2.24) is 14.9 Å². The minimum absolute atomic E-state index is 0.140. The minimum atomic E-state index is -0.346. The molecule has 0 amide bonds. The largest absolute Gasteiger partial charge is 0.508 e. The standard InChI is InChI=1S/C16H22N2O3.C13H15NO3/c1-5-8-21-16(20)14-10(2)17-12-6-7-13(19)11(15(12)14)9-18(3)4;1-3-6-17-13(16)12-8(2)14-11-5-4-9(15)7-10(11)12/h6-7,17,19H,5,8-9H2,1-4H3;4-5,7,14-15H,3,6H2,1-2H3. The topological polar surface area (TPSA) is 128 Å². The van der Waals surface area contributed by atoms with Crippen LogP contribution >= 0.6 is 0 Å². The number of phenols is 2. The highest BCUT2D eigenvalue weighted by Crippen LogP contribution is 2.33. The smallest absolute Gasteiger partial charge is 0.340 e. The van der Waals surface area contributed by atoms with Gasteiger partial charge in [0, 0.05) is 45.3 Å². The maximum absolute atomic E-state index is 12.3. The summed E-state index contributed by atoms with van der Waals surface area (Å²) in [4.78, 5) is 32.4. The Morgan fingerprint density at radius 1 is 0.842 bits per heavy atom. The number of aryl methyl sites for hydroxylation is 2. The number of hydrogen-bond acceptors (Lipinski definition) is 7. The number of ether oxygens (including phenoxy) is 2. The molecule has 0 atom stereocenters. The maximum Gasteiger partial charge on any atom is 0.340 e. The third-order valence-corrected chi connectivity index (χ3v) is 5.96. The number of aromatic amines is 2. The summed E-state index contributed by atoms with van der Waals surface area (Å²) in [6.45, 7) is 8.92. The zero-order chi connectivity index (χ0) is 28.0. The van der Waals surface area contributed by atoms with Crippen LogP contribution in [-0.4, -0.2) is 64.3 Å². The Bertz CT molecular complexity index is 1430. The van der Waals surface area contributed by atoms with Gasteiger partial charge < -0.3 is 34.6 Å². The van der Waals surface area contributed by atoms with Gasteiger partial charge in [0.1, 0.15) is 11.5 Å². The van der Waals surface area contributed by atoms with E-state index in [9.17, 15) is 19.8 Å². The van der Waals surface area contributed by atoms with Crippen LogP contribution in [0.4, 0.5) is 0 Å². The lowest BCUT2D eigenvalue weighted by atomic mass is 10.0. The van der Waals surface area contributed by atoms with Gasteiger partial charge in [-0.3, -0.25) is 0 Å². The highest BCUT2D eigenvalue weighted by molar-refractivity contribution is 6.07. The highest BCUT2D eigenvalue weighted by Gasteiger charge is 2.22. The van der Waals surface area contributed by atoms with E-state index in [1.54, 1.807) is 30.3 Å². The van der Waals surface area contributed by atoms with Gasteiger partial charge in [-0.25, -0.2) is 9.59 Å². The van der Waals surface area contributed by atoms with Crippen molar-refractivity contribution in [2.75, 3.05) is 27.3 Å². The first-order chi connectivity index (χ1) is 18.1. The summed E-state index contributed by atoms with van der Waals surface area (Å²) in [5.74, 6) is -0.354. The van der Waals surface area contributed by atoms with Crippen molar-refractivity contribution in [3.63, 3.8) is 0 Å². The molecule has 0 fully saturated rings. The summed E-state index contributed by atoms with van der Waals surface area (Å²) in [7, 11) is 3.85. The Hall–Kier alpha value is -3.98. The first-order valence-corrected chi connectivity index (χ1v) is 12.7. The number of rotatable bonds is 8. The molecule has 4 N–H and O–H groups in total. The quantitative estimate of drug-likeness (QED) is 0.223. The van der Waals surface area contributed by atoms with Crippen LogP contribution in [0.1, 0.15) is 64.4 Å². The fraction of sp³-hybridized carbons (Fsp3) is 0.379. The summed E-state index contributed by atoms with van der Waals surface area (Å²) < 4.78 is 10.4. The Balaban J connectivity index is 0.000000215. The lowest BCUT2D eigenvalue weighted by Crippen LogP contribution is -2.12. The molecule has 9 heteroatoms. The molecule has 0 spiro atoms. The molecular weight excluding hydrogens is 486 g/mol. The number of H-pyrrole nitrogens is 2. The molecule has 0 radical (unpaired) electrons. The van der Waals surface area contributed by atoms with Gasteiger partial charge in [-0.05, 0) is 71.1 Å². The fourth-order valence-electron chi connectivity index (χ4n) is 4.32. The van der Waals surface area contributed by atoms with Crippen LogP contribution in [-0.2, 0) is 16.0 Å². The predicted molar refractivity (Wildman–Crippen MR) is 148 cm³/mol. The zero-order valence-corrected chi connectivity index (χ0v) is 22.9. The molecule has 0 bridgehead atoms. The van der Waals surface area contributed by atoms with Crippen LogP contribution < -0.4 is 0 Å². The van der Waals surface area contributed by atoms with Crippen LogP contribution in [0.5, 0.6) is 11.5 Å². The van der Waals surface area contributed by atoms with Crippen LogP contribution in [0.25, 0.3) is 21.8 Å². The number of nitrogens with zero attached hydrogens (tertiary/aromatic N) is 1. The number of fused-ring (bicyclic) bond motifs is 2. The van der Waals surface area contributed by atoms with Crippen molar-refractivity contribution >= 4 is 33.7 Å². The van der Waals surface area contributed by atoms with Gasteiger partial charge in [0.25, 0.3) is 0 Å². The van der Waals surface area contributed by atoms with Gasteiger partial charge in [0.05, 0.1) is 24.3 Å². The number of carbonyl (C=O) groups excluding carboxylic acids is 2. The molecule has 0 aliphatic heterocycles. The number of aromatic nitrogens is 2. The minimum Gasteiger partial charge on any atom is -0.508 e. The number of aromatic hydroxyl groups is 2. The van der Waals surface area contributed by atoms with Crippen LogP contribution in [0, 0.1) is 13.8 Å². The number of nitrogens with one attached hydrogen (secondary N) is 2. The maximum atomic E-state index is 12.3. The Morgan fingerprint density at radius 3 is 2.00 bits per heavy atom. The van der Waals surface area contributed by atoms with Crippen molar-refractivity contribution < 1.29 is 29.3 Å². The summed E-state index contributed by atoms with van der Waals surface area (Å²) in [6, 6.07) is 8.33. The van der Waals surface area contributed by atoms with Gasteiger partial charge in [0.2, 0.25) is 0 Å². The first-order valence-electron chi connectivity index (χ1n) is 12.7. The predicted octanol–water partition coefficient (Wildman–Crippen LogP) is 5.56. The number of hydrogen-bond donors (Lipinski definition) is 4. The third kappa shape index (κ3) is 6.28. The average molecular weight is 524 g/mol. The lowest BCUT2D eigenvalue weighted by molar-refractivity contribution is 0.0497. The van der Waals surface area contributed by atoms with Gasteiger partial charge in [0.15, 0.2) is 0 Å². The second-order valence-corrected chi connectivity index (χ2v) is 9.48. The van der Waals surface area contributed by atoms with Crippen molar-refractivity contribution in [1.29, 1.82) is 0 Å². The molecule has 0 aliphatic rings. The molecule has 0 aliphatic carbocycles. The van der Waals surface area contributed by atoms with Crippen LogP contribution in [0.3, 0.4) is 0 Å². The Kier molecular flexibility index (Phi) is 9.41. The van der Waals surface area contributed by atoms with E-state index in [1.165, 1.54) is 0 Å². The van der Waals surface area contributed by atoms with E-state index in [1.807, 2.05) is 46.7 Å². The molecule has 0 saturated carbocycles. The molecule has 38 heavy (non-hydrogen) atoms. The van der Waals surface area contributed by atoms with Crippen molar-refractivity contribution in [3.8, 4) is 11.5 Å². The molecule has 2 heterocycles. The number of phenolic OH excluding ortho intramolecular Hbond substituents is 2. The van der Waals surface area contributed by atoms with E-state index in [0.717, 1.165) is 46.2 Å². The van der Waals surface area contributed by atoms with E-state index in [2.05, 4.69) is 9.97 Å². The van der Waals surface area contributed by atoms with Gasteiger partial charge in [-0.1, -0.05) is 13.8 Å². The first kappa shape index (κ1) is 28.6. The summed E-state index contributed by atoms with van der Waals surface area (Å²) in [5.41, 5.74) is 4.94. The molecule has 204 valence electrons. The molecule has 0 unspecified atom stereocenters. The summed E-state index contributed by atoms with van der Waals surface area (Å²) in [6.07, 6.45) is 1.57. The van der Waals surface area contributed by atoms with Crippen molar-refractivity contribution in [2.45, 2.75) is 47.1 Å². The third-order valence-electron chi connectivity index (χ3n) is 5.96. The SMILES string of the molecule is CCCOC(=O)c1c(C)[nH]c2ccc(O)c(CN(C)C)c12.CCCOC(=O)c1c(C)[nH]c2ccc(O)cc12. The molecule has 0 saturated heterocycles. The lowest BCUT2D eigenvalue weighted by Gasteiger charge is -2.13. The van der Waals surface area contributed by atoms with Gasteiger partial charge in [-0.15, -0.1) is 0 Å². The molecule has 4 aromatic rings. The molecule has 9 nitrogen and oxygen atoms in total. The van der Waals surface area contributed by atoms with Gasteiger partial charge in [-0.2, -0.15) is 0 Å². The number of carbonyl (C=O) groups is 2. The van der Waals surface area contributed by atoms with E-state index < -0.39 is 0 Å². The monoisotopic (exact) mass is 523 g/mol. The van der Waals surface area contributed by atoms with E-state index >= 15 is 0 Å². The molecule has 2 aromatic heterocycles. The fourth-order valence-corrected chi connectivity index (χ4v) is 4.32. The van der Waals surface area contributed by atoms with Gasteiger partial charge >= 0.3 is 11.9 Å². The zero-order valence-electron chi connectivity index (χ0n) is 22.9. The Labute approximate surface area is 222 Å².